The minimum Gasteiger partial charge on any atom is -0.336 e. The van der Waals surface area contributed by atoms with Gasteiger partial charge in [0, 0.05) is 13.2 Å². The Hall–Kier alpha value is -1.03. The van der Waals surface area contributed by atoms with E-state index in [2.05, 4.69) is 9.50 Å². The fourth-order valence-electron chi connectivity index (χ4n) is 1.38. The van der Waals surface area contributed by atoms with Crippen LogP contribution in [0.15, 0.2) is 4.99 Å². The van der Waals surface area contributed by atoms with Gasteiger partial charge in [0.05, 0.1) is 12.6 Å². The van der Waals surface area contributed by atoms with Gasteiger partial charge in [-0.15, -0.1) is 0 Å². The van der Waals surface area contributed by atoms with Crippen molar-refractivity contribution in [2.45, 2.75) is 39.7 Å². The van der Waals surface area contributed by atoms with E-state index in [0.29, 0.717) is 32.6 Å². The first-order chi connectivity index (χ1) is 8.64. The summed E-state index contributed by atoms with van der Waals surface area (Å²) in [4.78, 5) is 13.4. The molecule has 0 spiro atoms. The maximum absolute atomic E-state index is 9.90. The Morgan fingerprint density at radius 2 is 2.00 bits per heavy atom. The van der Waals surface area contributed by atoms with Crippen molar-refractivity contribution in [3.8, 4) is 0 Å². The van der Waals surface area contributed by atoms with Gasteiger partial charge in [0.25, 0.3) is 0 Å². The van der Waals surface area contributed by atoms with Gasteiger partial charge in [-0.2, -0.15) is 0 Å². The molecule has 0 aromatic rings. The predicted molar refractivity (Wildman–Crippen MR) is 68.4 cm³/mol. The summed E-state index contributed by atoms with van der Waals surface area (Å²) in [6.45, 7) is 13.9. The molecule has 0 fully saturated rings. The van der Waals surface area contributed by atoms with Gasteiger partial charge < -0.3 is 17.8 Å². The lowest BCUT2D eigenvalue weighted by Crippen LogP contribution is -2.45. The SMILES string of the molecule is [C-]#[N+][Si](OCC)(OCC)OC(C)CCCN=C=O. The van der Waals surface area contributed by atoms with E-state index < -0.39 is 8.97 Å². The molecule has 7 heteroatoms. The molecule has 102 valence electrons. The van der Waals surface area contributed by atoms with Crippen molar-refractivity contribution < 1.29 is 18.1 Å². The van der Waals surface area contributed by atoms with E-state index in [1.165, 1.54) is 6.08 Å². The minimum absolute atomic E-state index is 0.161. The highest BCUT2D eigenvalue weighted by molar-refractivity contribution is 6.64. The normalized spacial score (nSPS) is 12.6. The van der Waals surface area contributed by atoms with Gasteiger partial charge in [-0.3, -0.25) is 6.57 Å². The Morgan fingerprint density at radius 3 is 2.44 bits per heavy atom. The molecule has 0 aromatic carbocycles. The van der Waals surface area contributed by atoms with Gasteiger partial charge in [0.15, 0.2) is 0 Å². The lowest BCUT2D eigenvalue weighted by molar-refractivity contribution is 0.0458. The van der Waals surface area contributed by atoms with Gasteiger partial charge in [0.2, 0.25) is 6.08 Å². The lowest BCUT2D eigenvalue weighted by atomic mass is 10.2. The molecular formula is C11H20N2O4Si. The van der Waals surface area contributed by atoms with Crippen molar-refractivity contribution in [2.24, 2.45) is 4.99 Å². The molecule has 0 aliphatic rings. The van der Waals surface area contributed by atoms with Gasteiger partial charge >= 0.3 is 8.97 Å². The second kappa shape index (κ2) is 9.94. The van der Waals surface area contributed by atoms with Crippen molar-refractivity contribution in [3.05, 3.63) is 11.1 Å². The topological polar surface area (TPSA) is 61.5 Å². The fraction of sp³-hybridized carbons (Fsp3) is 0.818. The number of isocyanates is 1. The molecule has 0 aliphatic carbocycles. The number of rotatable bonds is 10. The van der Waals surface area contributed by atoms with E-state index in [1.54, 1.807) is 13.8 Å². The van der Waals surface area contributed by atoms with Crippen LogP contribution in [0.1, 0.15) is 33.6 Å². The molecular weight excluding hydrogens is 252 g/mol. The van der Waals surface area contributed by atoms with Crippen LogP contribution in [0.25, 0.3) is 4.51 Å². The van der Waals surface area contributed by atoms with Crippen molar-refractivity contribution >= 4 is 15.0 Å². The highest BCUT2D eigenvalue weighted by Gasteiger charge is 2.59. The number of hydrogen-bond acceptors (Lipinski definition) is 5. The Labute approximate surface area is 109 Å². The third kappa shape index (κ3) is 6.64. The average molecular weight is 272 g/mol. The zero-order valence-corrected chi connectivity index (χ0v) is 12.1. The van der Waals surface area contributed by atoms with E-state index in [9.17, 15) is 4.79 Å². The highest BCUT2D eigenvalue weighted by Crippen LogP contribution is 2.16. The largest absolute Gasteiger partial charge is 0.962 e. The summed E-state index contributed by atoms with van der Waals surface area (Å²) < 4.78 is 19.8. The van der Waals surface area contributed by atoms with E-state index in [0.717, 1.165) is 0 Å². The summed E-state index contributed by atoms with van der Waals surface area (Å²) in [7, 11) is -3.22. The summed E-state index contributed by atoms with van der Waals surface area (Å²) in [5, 5.41) is 0. The zero-order chi connectivity index (χ0) is 13.9. The zero-order valence-electron chi connectivity index (χ0n) is 11.1. The lowest BCUT2D eigenvalue weighted by Gasteiger charge is -2.18. The molecule has 0 bridgehead atoms. The standard InChI is InChI=1S/C11H20N2O4Si/c1-5-15-18(12-4,16-6-2)17-11(3)8-7-9-13-10-14/h11H,5-9H2,1-3H3. The molecule has 1 atom stereocenters. The molecule has 0 amide bonds. The molecule has 0 saturated heterocycles. The molecule has 0 saturated carbocycles. The molecule has 0 aromatic heterocycles. The smallest absolute Gasteiger partial charge is 0.336 e. The van der Waals surface area contributed by atoms with Gasteiger partial charge in [-0.25, -0.2) is 9.79 Å². The minimum atomic E-state index is -3.22. The first-order valence-corrected chi connectivity index (χ1v) is 7.69. The van der Waals surface area contributed by atoms with Crippen molar-refractivity contribution in [1.29, 1.82) is 0 Å². The second-order valence-electron chi connectivity index (χ2n) is 3.55. The van der Waals surface area contributed by atoms with Crippen LogP contribution in [0.4, 0.5) is 0 Å². The molecule has 0 radical (unpaired) electrons. The predicted octanol–water partition coefficient (Wildman–Crippen LogP) is 1.94. The summed E-state index contributed by atoms with van der Waals surface area (Å²) in [5.41, 5.74) is 0. The van der Waals surface area contributed by atoms with E-state index >= 15 is 0 Å². The average Bonchev–Trinajstić information content (AvgIpc) is 2.35. The summed E-state index contributed by atoms with van der Waals surface area (Å²) >= 11 is 0. The van der Waals surface area contributed by atoms with Crippen molar-refractivity contribution in [1.82, 2.24) is 0 Å². The summed E-state index contributed by atoms with van der Waals surface area (Å²) in [6.07, 6.45) is 2.72. The molecule has 0 N–H and O–H groups in total. The molecule has 18 heavy (non-hydrogen) atoms. The molecule has 0 aliphatic heterocycles. The number of carbonyl (C=O) groups excluding carboxylic acids is 1. The van der Waals surface area contributed by atoms with Crippen LogP contribution in [0.3, 0.4) is 0 Å². The van der Waals surface area contributed by atoms with E-state index in [-0.39, 0.29) is 6.10 Å². The maximum Gasteiger partial charge on any atom is 0.962 e. The Balaban J connectivity index is 4.29. The number of nitrogens with zero attached hydrogens (tertiary/aromatic N) is 2. The van der Waals surface area contributed by atoms with Crippen LogP contribution >= 0.6 is 0 Å². The second-order valence-corrected chi connectivity index (χ2v) is 5.63. The van der Waals surface area contributed by atoms with Crippen LogP contribution in [0.2, 0.25) is 0 Å². The van der Waals surface area contributed by atoms with Crippen LogP contribution in [-0.2, 0) is 18.1 Å². The van der Waals surface area contributed by atoms with Crippen molar-refractivity contribution in [2.75, 3.05) is 19.8 Å². The maximum atomic E-state index is 9.90. The van der Waals surface area contributed by atoms with Gasteiger partial charge in [-0.1, -0.05) is 0 Å². The van der Waals surface area contributed by atoms with E-state index in [1.807, 2.05) is 6.92 Å². The van der Waals surface area contributed by atoms with Crippen LogP contribution in [0, 0.1) is 6.57 Å². The Kier molecular flexibility index (Phi) is 9.37. The first-order valence-electron chi connectivity index (χ1n) is 6.02. The summed E-state index contributed by atoms with van der Waals surface area (Å²) in [6, 6.07) is 0. The summed E-state index contributed by atoms with van der Waals surface area (Å²) in [5.74, 6) is 0. The third-order valence-electron chi connectivity index (χ3n) is 2.09. The fourth-order valence-corrected chi connectivity index (χ4v) is 3.14. The van der Waals surface area contributed by atoms with Gasteiger partial charge in [0.1, 0.15) is 0 Å². The van der Waals surface area contributed by atoms with E-state index in [4.69, 9.17) is 19.9 Å². The molecule has 6 nitrogen and oxygen atoms in total. The van der Waals surface area contributed by atoms with Gasteiger partial charge in [-0.05, 0) is 33.6 Å². The number of hydrogen-bond donors (Lipinski definition) is 0. The van der Waals surface area contributed by atoms with Crippen molar-refractivity contribution in [3.63, 3.8) is 0 Å². The van der Waals surface area contributed by atoms with Crippen LogP contribution < -0.4 is 0 Å². The molecule has 0 rings (SSSR count). The quantitative estimate of drug-likeness (QED) is 0.200. The first kappa shape index (κ1) is 17.0. The highest BCUT2D eigenvalue weighted by atomic mass is 28.4. The van der Waals surface area contributed by atoms with Crippen LogP contribution in [0.5, 0.6) is 0 Å². The monoisotopic (exact) mass is 272 g/mol. The molecule has 1 unspecified atom stereocenters. The Morgan fingerprint density at radius 1 is 1.39 bits per heavy atom. The number of aliphatic imine (C=N–C) groups is 1. The molecule has 0 heterocycles. The Bertz CT molecular complexity index is 307. The third-order valence-corrected chi connectivity index (χ3v) is 4.37. The van der Waals surface area contributed by atoms with Crippen LogP contribution in [-0.4, -0.2) is 40.9 Å².